The Bertz CT molecular complexity index is 923. The van der Waals surface area contributed by atoms with Crippen LogP contribution in [0.25, 0.3) is 0 Å². The lowest BCUT2D eigenvalue weighted by Gasteiger charge is -2.17. The fourth-order valence-corrected chi connectivity index (χ4v) is 3.09. The number of benzene rings is 1. The molecule has 140 valence electrons. The van der Waals surface area contributed by atoms with Gasteiger partial charge >= 0.3 is 5.88 Å². The van der Waals surface area contributed by atoms with Crippen LogP contribution in [-0.2, 0) is 4.79 Å². The third-order valence-corrected chi connectivity index (χ3v) is 4.42. The number of nitrogens with one attached hydrogen (secondary N) is 1. The zero-order valence-corrected chi connectivity index (χ0v) is 14.0. The van der Waals surface area contributed by atoms with Gasteiger partial charge in [0.2, 0.25) is 12.7 Å². The molecule has 1 aromatic carbocycles. The molecule has 3 heterocycles. The second-order valence-electron chi connectivity index (χ2n) is 6.22. The number of furan rings is 1. The molecule has 0 saturated carbocycles. The Hall–Kier alpha value is -3.56. The molecule has 1 atom stereocenters. The summed E-state index contributed by atoms with van der Waals surface area (Å²) in [6.07, 6.45) is 0.285. The van der Waals surface area contributed by atoms with E-state index in [1.807, 2.05) is 0 Å². The highest BCUT2D eigenvalue weighted by molar-refractivity contribution is 5.96. The highest BCUT2D eigenvalue weighted by atomic mass is 16.7. The van der Waals surface area contributed by atoms with Crippen molar-refractivity contribution >= 4 is 23.4 Å². The summed E-state index contributed by atoms with van der Waals surface area (Å²) in [5, 5.41) is 13.3. The van der Waals surface area contributed by atoms with Gasteiger partial charge in [0, 0.05) is 37.2 Å². The standard InChI is InChI=1S/C17H15N3O7/c21-15-5-10(7-18-17(22)13-3-4-16(27-13)20(23)24)8-19(15)11-1-2-12-14(6-11)26-9-25-12/h1-4,6,10H,5,7-9H2,(H,18,22). The molecule has 1 aromatic heterocycles. The third-order valence-electron chi connectivity index (χ3n) is 4.42. The van der Waals surface area contributed by atoms with Gasteiger partial charge in [0.05, 0.1) is 6.07 Å². The molecular formula is C17H15N3O7. The van der Waals surface area contributed by atoms with Crippen molar-refractivity contribution in [3.63, 3.8) is 0 Å². The molecule has 1 unspecified atom stereocenters. The number of amides is 2. The van der Waals surface area contributed by atoms with E-state index in [4.69, 9.17) is 13.9 Å². The predicted molar refractivity (Wildman–Crippen MR) is 90.7 cm³/mol. The fourth-order valence-electron chi connectivity index (χ4n) is 3.09. The molecule has 27 heavy (non-hydrogen) atoms. The number of carbonyl (C=O) groups is 2. The van der Waals surface area contributed by atoms with E-state index in [0.29, 0.717) is 23.7 Å². The average Bonchev–Trinajstić information content (AvgIpc) is 3.38. The minimum absolute atomic E-state index is 0.0539. The summed E-state index contributed by atoms with van der Waals surface area (Å²) in [4.78, 5) is 35.9. The van der Waals surface area contributed by atoms with Crippen molar-refractivity contribution in [2.75, 3.05) is 24.8 Å². The Kier molecular flexibility index (Phi) is 4.15. The lowest BCUT2D eigenvalue weighted by atomic mass is 10.1. The molecule has 0 aliphatic carbocycles. The molecule has 1 N–H and O–H groups in total. The summed E-state index contributed by atoms with van der Waals surface area (Å²) in [6, 6.07) is 7.66. The summed E-state index contributed by atoms with van der Waals surface area (Å²) < 4.78 is 15.5. The van der Waals surface area contributed by atoms with Crippen LogP contribution in [0.3, 0.4) is 0 Å². The van der Waals surface area contributed by atoms with E-state index in [1.54, 1.807) is 23.1 Å². The van der Waals surface area contributed by atoms with Crippen LogP contribution in [0.4, 0.5) is 11.6 Å². The lowest BCUT2D eigenvalue weighted by molar-refractivity contribution is -0.402. The van der Waals surface area contributed by atoms with Crippen LogP contribution in [0.5, 0.6) is 11.5 Å². The molecule has 0 spiro atoms. The number of anilines is 1. The van der Waals surface area contributed by atoms with Gasteiger partial charge in [-0.3, -0.25) is 19.7 Å². The largest absolute Gasteiger partial charge is 0.454 e. The first-order chi connectivity index (χ1) is 13.0. The van der Waals surface area contributed by atoms with Crippen molar-refractivity contribution in [1.29, 1.82) is 0 Å². The third kappa shape index (κ3) is 3.28. The van der Waals surface area contributed by atoms with E-state index >= 15 is 0 Å². The SMILES string of the molecule is O=C(NCC1CC(=O)N(c2ccc3c(c2)OCO3)C1)c1ccc([N+](=O)[O-])o1. The topological polar surface area (TPSA) is 124 Å². The van der Waals surface area contributed by atoms with Crippen molar-refractivity contribution in [2.45, 2.75) is 6.42 Å². The van der Waals surface area contributed by atoms with Crippen molar-refractivity contribution in [3.8, 4) is 11.5 Å². The molecule has 2 aromatic rings. The zero-order valence-electron chi connectivity index (χ0n) is 14.0. The van der Waals surface area contributed by atoms with Gasteiger partial charge in [-0.15, -0.1) is 0 Å². The Labute approximate surface area is 152 Å². The number of ether oxygens (including phenoxy) is 2. The summed E-state index contributed by atoms with van der Waals surface area (Å²) >= 11 is 0. The normalized spacial score (nSPS) is 18.0. The molecule has 2 aliphatic heterocycles. The van der Waals surface area contributed by atoms with E-state index in [1.165, 1.54) is 6.07 Å². The van der Waals surface area contributed by atoms with E-state index in [9.17, 15) is 19.7 Å². The van der Waals surface area contributed by atoms with Gasteiger partial charge in [-0.1, -0.05) is 0 Å². The molecular weight excluding hydrogens is 358 g/mol. The molecule has 10 heteroatoms. The summed E-state index contributed by atoms with van der Waals surface area (Å²) in [6.45, 7) is 0.851. The maximum absolute atomic E-state index is 12.3. The van der Waals surface area contributed by atoms with Crippen LogP contribution >= 0.6 is 0 Å². The van der Waals surface area contributed by atoms with Gasteiger partial charge in [-0.2, -0.15) is 0 Å². The fraction of sp³-hybridized carbons (Fsp3) is 0.294. The second-order valence-corrected chi connectivity index (χ2v) is 6.22. The van der Waals surface area contributed by atoms with Crippen molar-refractivity contribution < 1.29 is 28.4 Å². The van der Waals surface area contributed by atoms with E-state index in [0.717, 1.165) is 6.07 Å². The number of carbonyl (C=O) groups excluding carboxylic acids is 2. The molecule has 1 fully saturated rings. The van der Waals surface area contributed by atoms with Crippen molar-refractivity contribution in [3.05, 3.63) is 46.2 Å². The number of nitrogens with zero attached hydrogens (tertiary/aromatic N) is 2. The first-order valence-corrected chi connectivity index (χ1v) is 8.23. The molecule has 0 radical (unpaired) electrons. The lowest BCUT2D eigenvalue weighted by Crippen LogP contribution is -2.31. The summed E-state index contributed by atoms with van der Waals surface area (Å²) in [5.41, 5.74) is 0.708. The zero-order chi connectivity index (χ0) is 19.0. The van der Waals surface area contributed by atoms with Crippen LogP contribution in [0.2, 0.25) is 0 Å². The van der Waals surface area contributed by atoms with Crippen LogP contribution in [-0.4, -0.2) is 36.6 Å². The van der Waals surface area contributed by atoms with Gasteiger partial charge in [0.25, 0.3) is 5.91 Å². The minimum Gasteiger partial charge on any atom is -0.454 e. The molecule has 4 rings (SSSR count). The van der Waals surface area contributed by atoms with Crippen LogP contribution in [0.15, 0.2) is 34.7 Å². The number of nitro groups is 1. The highest BCUT2D eigenvalue weighted by Gasteiger charge is 2.32. The number of rotatable bonds is 5. The predicted octanol–water partition coefficient (Wildman–Crippen LogP) is 1.70. The maximum Gasteiger partial charge on any atom is 0.433 e. The number of hydrogen-bond acceptors (Lipinski definition) is 7. The maximum atomic E-state index is 12.3. The highest BCUT2D eigenvalue weighted by Crippen LogP contribution is 2.37. The molecule has 1 saturated heterocycles. The summed E-state index contributed by atoms with van der Waals surface area (Å²) in [7, 11) is 0. The monoisotopic (exact) mass is 373 g/mol. The van der Waals surface area contributed by atoms with Gasteiger partial charge in [-0.05, 0) is 18.2 Å². The van der Waals surface area contributed by atoms with E-state index < -0.39 is 16.7 Å². The van der Waals surface area contributed by atoms with E-state index in [2.05, 4.69) is 5.32 Å². The number of fused-ring (bicyclic) bond motifs is 1. The number of hydrogen-bond donors (Lipinski definition) is 1. The van der Waals surface area contributed by atoms with Crippen LogP contribution in [0.1, 0.15) is 17.0 Å². The Morgan fingerprint density at radius 3 is 2.85 bits per heavy atom. The quantitative estimate of drug-likeness (QED) is 0.625. The minimum atomic E-state index is -0.713. The van der Waals surface area contributed by atoms with Gasteiger partial charge < -0.3 is 24.1 Å². The Morgan fingerprint density at radius 2 is 2.07 bits per heavy atom. The molecule has 10 nitrogen and oxygen atoms in total. The first kappa shape index (κ1) is 16.9. The molecule has 2 aliphatic rings. The van der Waals surface area contributed by atoms with Gasteiger partial charge in [0.1, 0.15) is 4.92 Å². The Morgan fingerprint density at radius 1 is 1.26 bits per heavy atom. The molecule has 2 amide bonds. The van der Waals surface area contributed by atoms with Crippen molar-refractivity contribution in [2.24, 2.45) is 5.92 Å². The Balaban J connectivity index is 1.36. The first-order valence-electron chi connectivity index (χ1n) is 8.23. The van der Waals surface area contributed by atoms with Gasteiger partial charge in [-0.25, -0.2) is 0 Å². The summed E-state index contributed by atoms with van der Waals surface area (Å²) in [5.74, 6) is -0.0994. The van der Waals surface area contributed by atoms with Gasteiger partial charge in [0.15, 0.2) is 17.3 Å². The smallest absolute Gasteiger partial charge is 0.433 e. The molecule has 0 bridgehead atoms. The van der Waals surface area contributed by atoms with Crippen LogP contribution in [0, 0.1) is 16.0 Å². The van der Waals surface area contributed by atoms with Crippen LogP contribution < -0.4 is 19.7 Å². The van der Waals surface area contributed by atoms with E-state index in [-0.39, 0.29) is 37.3 Å². The average molecular weight is 373 g/mol. The second kappa shape index (κ2) is 6.63. The van der Waals surface area contributed by atoms with Crippen molar-refractivity contribution in [1.82, 2.24) is 5.32 Å².